The summed E-state index contributed by atoms with van der Waals surface area (Å²) in [6, 6.07) is 2.93. The number of rotatable bonds is 5. The number of halogens is 1. The van der Waals surface area contributed by atoms with Gasteiger partial charge in [0.05, 0.1) is 0 Å². The molecule has 1 heterocycles. The average Bonchev–Trinajstić information content (AvgIpc) is 2.74. The van der Waals surface area contributed by atoms with Crippen LogP contribution in [-0.2, 0) is 6.42 Å². The van der Waals surface area contributed by atoms with E-state index in [0.29, 0.717) is 0 Å². The molecule has 1 aromatic heterocycles. The van der Waals surface area contributed by atoms with E-state index < -0.39 is 0 Å². The maximum Gasteiger partial charge on any atom is 0.0314 e. The predicted molar refractivity (Wildman–Crippen MR) is 79.8 cm³/mol. The summed E-state index contributed by atoms with van der Waals surface area (Å²) in [4.78, 5) is 1.53. The van der Waals surface area contributed by atoms with Crippen LogP contribution in [0.4, 0.5) is 0 Å². The normalized spacial score (nSPS) is 25.1. The summed E-state index contributed by atoms with van der Waals surface area (Å²) < 4.78 is 1.31. The van der Waals surface area contributed by atoms with E-state index >= 15 is 0 Å². The van der Waals surface area contributed by atoms with Crippen molar-refractivity contribution < 1.29 is 0 Å². The van der Waals surface area contributed by atoms with Gasteiger partial charge in [0.2, 0.25) is 0 Å². The van der Waals surface area contributed by atoms with Gasteiger partial charge in [-0.2, -0.15) is 0 Å². The molecule has 1 N–H and O–H groups in total. The average molecular weight is 316 g/mol. The molecule has 1 nitrogen and oxygen atoms in total. The molecular weight excluding hydrogens is 294 g/mol. The molecule has 3 heteroatoms. The minimum Gasteiger partial charge on any atom is -0.314 e. The maximum atomic E-state index is 3.74. The third-order valence-corrected chi connectivity index (χ3v) is 5.65. The summed E-state index contributed by atoms with van der Waals surface area (Å²) in [7, 11) is 0. The van der Waals surface area contributed by atoms with Gasteiger partial charge in [-0.15, -0.1) is 11.3 Å². The molecule has 1 aromatic rings. The van der Waals surface area contributed by atoms with Gasteiger partial charge in [-0.25, -0.2) is 0 Å². The minimum absolute atomic E-state index is 0.748. The Hall–Kier alpha value is 0.140. The lowest BCUT2D eigenvalue weighted by atomic mass is 9.82. The van der Waals surface area contributed by atoms with Crippen molar-refractivity contribution in [2.45, 2.75) is 51.5 Å². The van der Waals surface area contributed by atoms with E-state index in [-0.39, 0.29) is 0 Å². The third-order valence-electron chi connectivity index (χ3n) is 3.70. The van der Waals surface area contributed by atoms with E-state index in [1.165, 1.54) is 54.4 Å². The van der Waals surface area contributed by atoms with Crippen molar-refractivity contribution in [1.29, 1.82) is 0 Å². The lowest BCUT2D eigenvalue weighted by molar-refractivity contribution is 0.262. The van der Waals surface area contributed by atoms with Gasteiger partial charge in [0.1, 0.15) is 0 Å². The second-order valence-corrected chi connectivity index (χ2v) is 6.86. The predicted octanol–water partition coefficient (Wildman–Crippen LogP) is 4.61. The van der Waals surface area contributed by atoms with Crippen LogP contribution in [0.5, 0.6) is 0 Å². The number of hydrogen-bond acceptors (Lipinski definition) is 2. The summed E-state index contributed by atoms with van der Waals surface area (Å²) in [6.45, 7) is 3.42. The first kappa shape index (κ1) is 13.6. The van der Waals surface area contributed by atoms with E-state index in [9.17, 15) is 0 Å². The fourth-order valence-electron chi connectivity index (χ4n) is 2.76. The monoisotopic (exact) mass is 315 g/mol. The third kappa shape index (κ3) is 3.80. The van der Waals surface area contributed by atoms with Crippen molar-refractivity contribution in [3.63, 3.8) is 0 Å². The first-order valence-corrected chi connectivity index (χ1v) is 8.43. The highest BCUT2D eigenvalue weighted by molar-refractivity contribution is 9.10. The van der Waals surface area contributed by atoms with E-state index in [1.54, 1.807) is 0 Å². The molecule has 2 rings (SSSR count). The molecule has 1 fully saturated rings. The molecule has 0 bridgehead atoms. The van der Waals surface area contributed by atoms with E-state index in [4.69, 9.17) is 0 Å². The van der Waals surface area contributed by atoms with Gasteiger partial charge in [0.15, 0.2) is 0 Å². The SMILES string of the molecule is CCCNC1CCCCC1Cc1sccc1Br. The molecule has 0 spiro atoms. The number of thiophene rings is 1. The van der Waals surface area contributed by atoms with Crippen LogP contribution in [0, 0.1) is 5.92 Å². The Morgan fingerprint density at radius 3 is 2.94 bits per heavy atom. The smallest absolute Gasteiger partial charge is 0.0314 e. The van der Waals surface area contributed by atoms with Crippen LogP contribution in [0.1, 0.15) is 43.9 Å². The Kier molecular flexibility index (Phi) is 5.51. The zero-order valence-corrected chi connectivity index (χ0v) is 12.9. The fraction of sp³-hybridized carbons (Fsp3) is 0.714. The molecule has 1 aliphatic rings. The van der Waals surface area contributed by atoms with Crippen LogP contribution in [-0.4, -0.2) is 12.6 Å². The summed E-state index contributed by atoms with van der Waals surface area (Å²) in [5.41, 5.74) is 0. The van der Waals surface area contributed by atoms with Crippen LogP contribution in [0.25, 0.3) is 0 Å². The van der Waals surface area contributed by atoms with Gasteiger partial charge in [-0.05, 0) is 65.5 Å². The Bertz CT molecular complexity index is 337. The highest BCUT2D eigenvalue weighted by atomic mass is 79.9. The molecule has 2 unspecified atom stereocenters. The van der Waals surface area contributed by atoms with E-state index in [2.05, 4.69) is 39.6 Å². The fourth-order valence-corrected chi connectivity index (χ4v) is 4.37. The largest absolute Gasteiger partial charge is 0.314 e. The van der Waals surface area contributed by atoms with Gasteiger partial charge >= 0.3 is 0 Å². The lowest BCUT2D eigenvalue weighted by Crippen LogP contribution is -2.39. The molecular formula is C14H22BrNS. The highest BCUT2D eigenvalue weighted by Gasteiger charge is 2.25. The number of hydrogen-bond donors (Lipinski definition) is 1. The van der Waals surface area contributed by atoms with Crippen molar-refractivity contribution in [3.8, 4) is 0 Å². The van der Waals surface area contributed by atoms with Gasteiger partial charge in [0, 0.05) is 15.4 Å². The minimum atomic E-state index is 0.748. The molecule has 17 heavy (non-hydrogen) atoms. The molecule has 1 saturated carbocycles. The number of nitrogens with one attached hydrogen (secondary N) is 1. The van der Waals surface area contributed by atoms with Gasteiger partial charge in [0.25, 0.3) is 0 Å². The second kappa shape index (κ2) is 6.91. The summed E-state index contributed by atoms with van der Waals surface area (Å²) in [5.74, 6) is 0.838. The zero-order valence-electron chi connectivity index (χ0n) is 10.5. The lowest BCUT2D eigenvalue weighted by Gasteiger charge is -2.32. The maximum absolute atomic E-state index is 3.74. The summed E-state index contributed by atoms with van der Waals surface area (Å²) >= 11 is 5.55. The Balaban J connectivity index is 1.94. The van der Waals surface area contributed by atoms with Crippen LogP contribution in [0.15, 0.2) is 15.9 Å². The molecule has 0 saturated heterocycles. The van der Waals surface area contributed by atoms with E-state index in [0.717, 1.165) is 12.0 Å². The molecule has 0 aromatic carbocycles. The summed E-state index contributed by atoms with van der Waals surface area (Å²) in [5, 5.41) is 5.93. The van der Waals surface area contributed by atoms with Gasteiger partial charge in [-0.1, -0.05) is 19.8 Å². The van der Waals surface area contributed by atoms with Crippen LogP contribution < -0.4 is 5.32 Å². The topological polar surface area (TPSA) is 12.0 Å². The Morgan fingerprint density at radius 2 is 2.24 bits per heavy atom. The standard InChI is InChI=1S/C14H22BrNS/c1-2-8-16-13-6-4-3-5-11(13)10-14-12(15)7-9-17-14/h7,9,11,13,16H,2-6,8,10H2,1H3. The first-order chi connectivity index (χ1) is 8.31. The molecule has 0 aliphatic heterocycles. The van der Waals surface area contributed by atoms with Crippen LogP contribution in [0.3, 0.4) is 0 Å². The summed E-state index contributed by atoms with van der Waals surface area (Å²) in [6.07, 6.45) is 8.08. The Morgan fingerprint density at radius 1 is 1.41 bits per heavy atom. The molecule has 0 radical (unpaired) electrons. The van der Waals surface area contributed by atoms with Crippen molar-refractivity contribution in [3.05, 3.63) is 20.8 Å². The van der Waals surface area contributed by atoms with Crippen molar-refractivity contribution >= 4 is 27.3 Å². The molecule has 2 atom stereocenters. The zero-order chi connectivity index (χ0) is 12.1. The highest BCUT2D eigenvalue weighted by Crippen LogP contribution is 2.32. The second-order valence-electron chi connectivity index (χ2n) is 5.00. The molecule has 96 valence electrons. The van der Waals surface area contributed by atoms with Crippen molar-refractivity contribution in [2.75, 3.05) is 6.54 Å². The molecule has 0 amide bonds. The first-order valence-electron chi connectivity index (χ1n) is 6.76. The quantitative estimate of drug-likeness (QED) is 0.836. The van der Waals surface area contributed by atoms with E-state index in [1.807, 2.05) is 11.3 Å². The van der Waals surface area contributed by atoms with Gasteiger partial charge < -0.3 is 5.32 Å². The van der Waals surface area contributed by atoms with Crippen molar-refractivity contribution in [2.24, 2.45) is 5.92 Å². The molecule has 1 aliphatic carbocycles. The van der Waals surface area contributed by atoms with Crippen molar-refractivity contribution in [1.82, 2.24) is 5.32 Å². The Labute approximate surface area is 117 Å². The van der Waals surface area contributed by atoms with Crippen LogP contribution in [0.2, 0.25) is 0 Å². The van der Waals surface area contributed by atoms with Crippen LogP contribution >= 0.6 is 27.3 Å². The van der Waals surface area contributed by atoms with Gasteiger partial charge in [-0.3, -0.25) is 0 Å².